The van der Waals surface area contributed by atoms with E-state index in [0.717, 1.165) is 19.6 Å². The average molecular weight is 315 g/mol. The molecule has 0 atom stereocenters. The van der Waals surface area contributed by atoms with Crippen molar-refractivity contribution in [1.82, 2.24) is 13.8 Å². The molecule has 1 aromatic rings. The Morgan fingerprint density at radius 1 is 1.24 bits per heavy atom. The number of nitrogens with zero attached hydrogens (tertiary/aromatic N) is 3. The van der Waals surface area contributed by atoms with E-state index in [9.17, 15) is 13.5 Å². The molecule has 0 unspecified atom stereocenters. The van der Waals surface area contributed by atoms with Crippen LogP contribution in [0.3, 0.4) is 0 Å². The molecular formula is C14H25N3O3S. The predicted octanol–water partition coefficient (Wildman–Crippen LogP) is 0.887. The number of aliphatic hydroxyl groups is 1. The summed E-state index contributed by atoms with van der Waals surface area (Å²) in [6, 6.07) is 1.70. The third-order valence-corrected chi connectivity index (χ3v) is 5.91. The molecule has 21 heavy (non-hydrogen) atoms. The van der Waals surface area contributed by atoms with E-state index in [-0.39, 0.29) is 17.5 Å². The van der Waals surface area contributed by atoms with Gasteiger partial charge in [0.05, 0.1) is 6.61 Å². The summed E-state index contributed by atoms with van der Waals surface area (Å²) in [5, 5.41) is 9.39. The van der Waals surface area contributed by atoms with E-state index in [4.69, 9.17) is 0 Å². The first-order chi connectivity index (χ1) is 9.90. The number of likely N-dealkylation sites (N-methyl/N-ethyl adjacent to an activating group) is 1. The molecule has 6 nitrogen and oxygen atoms in total. The number of rotatable bonds is 5. The Morgan fingerprint density at radius 3 is 2.29 bits per heavy atom. The van der Waals surface area contributed by atoms with Gasteiger partial charge in [-0.25, -0.2) is 8.42 Å². The quantitative estimate of drug-likeness (QED) is 0.876. The Hall–Kier alpha value is -0.890. The minimum Gasteiger partial charge on any atom is -0.390 e. The van der Waals surface area contributed by atoms with Gasteiger partial charge in [0.2, 0.25) is 10.0 Å². The summed E-state index contributed by atoms with van der Waals surface area (Å²) in [7, 11) is -3.46. The molecule has 0 amide bonds. The van der Waals surface area contributed by atoms with Crippen LogP contribution in [0.25, 0.3) is 0 Å². The van der Waals surface area contributed by atoms with Crippen LogP contribution in [0, 0.1) is 0 Å². The third-order valence-electron chi connectivity index (χ3n) is 4.04. The van der Waals surface area contributed by atoms with Gasteiger partial charge >= 0.3 is 0 Å². The standard InChI is InChI=1S/C14H25N3O3S/c1-4-15-5-7-16(8-6-15)21(19,20)14-9-13(11-18)17(10-14)12(2)3/h9-10,12,18H,4-8,11H2,1-3H3. The lowest BCUT2D eigenvalue weighted by atomic mass is 10.3. The average Bonchev–Trinajstić information content (AvgIpc) is 2.92. The molecule has 1 saturated heterocycles. The second kappa shape index (κ2) is 6.48. The van der Waals surface area contributed by atoms with Crippen LogP contribution in [0.4, 0.5) is 0 Å². The zero-order chi connectivity index (χ0) is 15.6. The molecule has 0 spiro atoms. The first-order valence-corrected chi connectivity index (χ1v) is 8.88. The van der Waals surface area contributed by atoms with Crippen LogP contribution < -0.4 is 0 Å². The second-order valence-electron chi connectivity index (χ2n) is 5.66. The molecule has 1 N–H and O–H groups in total. The number of hydrogen-bond acceptors (Lipinski definition) is 4. The summed E-state index contributed by atoms with van der Waals surface area (Å²) >= 11 is 0. The molecule has 0 radical (unpaired) electrons. The highest BCUT2D eigenvalue weighted by Crippen LogP contribution is 2.23. The number of hydrogen-bond donors (Lipinski definition) is 1. The van der Waals surface area contributed by atoms with Crippen molar-refractivity contribution in [1.29, 1.82) is 0 Å². The van der Waals surface area contributed by atoms with Gasteiger partial charge < -0.3 is 14.6 Å². The van der Waals surface area contributed by atoms with Crippen molar-refractivity contribution in [2.45, 2.75) is 38.3 Å². The maximum absolute atomic E-state index is 12.7. The molecule has 1 aromatic heterocycles. The smallest absolute Gasteiger partial charge is 0.244 e. The molecule has 0 saturated carbocycles. The van der Waals surface area contributed by atoms with E-state index in [1.54, 1.807) is 16.6 Å². The largest absolute Gasteiger partial charge is 0.390 e. The van der Waals surface area contributed by atoms with Crippen LogP contribution in [0.15, 0.2) is 17.2 Å². The van der Waals surface area contributed by atoms with Crippen molar-refractivity contribution >= 4 is 10.0 Å². The molecule has 120 valence electrons. The van der Waals surface area contributed by atoms with E-state index in [2.05, 4.69) is 11.8 Å². The highest BCUT2D eigenvalue weighted by Gasteiger charge is 2.29. The molecular weight excluding hydrogens is 290 g/mol. The van der Waals surface area contributed by atoms with Crippen molar-refractivity contribution in [2.24, 2.45) is 0 Å². The number of aliphatic hydroxyl groups excluding tert-OH is 1. The van der Waals surface area contributed by atoms with Gasteiger partial charge in [-0.05, 0) is 26.5 Å². The van der Waals surface area contributed by atoms with Gasteiger partial charge in [-0.3, -0.25) is 0 Å². The molecule has 0 aromatic carbocycles. The van der Waals surface area contributed by atoms with E-state index in [1.165, 1.54) is 0 Å². The Balaban J connectivity index is 2.24. The van der Waals surface area contributed by atoms with Crippen molar-refractivity contribution in [3.8, 4) is 0 Å². The van der Waals surface area contributed by atoms with Gasteiger partial charge in [0, 0.05) is 44.1 Å². The van der Waals surface area contributed by atoms with E-state index < -0.39 is 10.0 Å². The summed E-state index contributed by atoms with van der Waals surface area (Å²) in [6.07, 6.45) is 1.64. The van der Waals surface area contributed by atoms with E-state index in [0.29, 0.717) is 18.8 Å². The highest BCUT2D eigenvalue weighted by molar-refractivity contribution is 7.89. The molecule has 1 aliphatic rings. The fraction of sp³-hybridized carbons (Fsp3) is 0.714. The van der Waals surface area contributed by atoms with Crippen LogP contribution in [-0.4, -0.2) is 60.0 Å². The maximum Gasteiger partial charge on any atom is 0.244 e. The zero-order valence-electron chi connectivity index (χ0n) is 13.0. The normalized spacial score (nSPS) is 18.5. The molecule has 1 aliphatic heterocycles. The van der Waals surface area contributed by atoms with Gasteiger partial charge in [-0.15, -0.1) is 0 Å². The van der Waals surface area contributed by atoms with Crippen molar-refractivity contribution in [3.63, 3.8) is 0 Å². The molecule has 2 heterocycles. The van der Waals surface area contributed by atoms with Gasteiger partial charge in [0.15, 0.2) is 0 Å². The molecule has 2 rings (SSSR count). The third kappa shape index (κ3) is 3.31. The lowest BCUT2D eigenvalue weighted by molar-refractivity contribution is 0.196. The Morgan fingerprint density at radius 2 is 1.86 bits per heavy atom. The Kier molecular flexibility index (Phi) is 5.08. The van der Waals surface area contributed by atoms with Crippen LogP contribution >= 0.6 is 0 Å². The Bertz CT molecular complexity index is 572. The fourth-order valence-corrected chi connectivity index (χ4v) is 4.15. The zero-order valence-corrected chi connectivity index (χ0v) is 13.8. The van der Waals surface area contributed by atoms with Crippen molar-refractivity contribution in [2.75, 3.05) is 32.7 Å². The minimum absolute atomic E-state index is 0.119. The van der Waals surface area contributed by atoms with E-state index in [1.807, 2.05) is 18.4 Å². The topological polar surface area (TPSA) is 65.8 Å². The molecule has 1 fully saturated rings. The second-order valence-corrected chi connectivity index (χ2v) is 7.60. The van der Waals surface area contributed by atoms with Crippen molar-refractivity contribution in [3.05, 3.63) is 18.0 Å². The lowest BCUT2D eigenvalue weighted by Gasteiger charge is -2.32. The summed E-state index contributed by atoms with van der Waals surface area (Å²) < 4.78 is 28.8. The summed E-state index contributed by atoms with van der Waals surface area (Å²) in [4.78, 5) is 2.52. The minimum atomic E-state index is -3.46. The Labute approximate surface area is 127 Å². The fourth-order valence-electron chi connectivity index (χ4n) is 2.68. The first-order valence-electron chi connectivity index (χ1n) is 7.44. The molecule has 0 aliphatic carbocycles. The summed E-state index contributed by atoms with van der Waals surface area (Å²) in [5.74, 6) is 0. The number of sulfonamides is 1. The maximum atomic E-state index is 12.7. The summed E-state index contributed by atoms with van der Waals surface area (Å²) in [6.45, 7) is 9.41. The van der Waals surface area contributed by atoms with Crippen LogP contribution in [0.2, 0.25) is 0 Å². The molecule has 7 heteroatoms. The van der Waals surface area contributed by atoms with Gasteiger partial charge in [-0.2, -0.15) is 4.31 Å². The number of aromatic nitrogens is 1. The number of piperazine rings is 1. The SMILES string of the molecule is CCN1CCN(S(=O)(=O)c2cc(CO)n(C(C)C)c2)CC1. The highest BCUT2D eigenvalue weighted by atomic mass is 32.2. The van der Waals surface area contributed by atoms with Gasteiger partial charge in [-0.1, -0.05) is 6.92 Å². The predicted molar refractivity (Wildman–Crippen MR) is 81.6 cm³/mol. The molecule has 0 bridgehead atoms. The lowest BCUT2D eigenvalue weighted by Crippen LogP contribution is -2.48. The van der Waals surface area contributed by atoms with Crippen LogP contribution in [-0.2, 0) is 16.6 Å². The van der Waals surface area contributed by atoms with Crippen LogP contribution in [0.5, 0.6) is 0 Å². The van der Waals surface area contributed by atoms with Gasteiger partial charge in [0.25, 0.3) is 0 Å². The monoisotopic (exact) mass is 315 g/mol. The van der Waals surface area contributed by atoms with E-state index >= 15 is 0 Å². The van der Waals surface area contributed by atoms with Gasteiger partial charge in [0.1, 0.15) is 4.90 Å². The first kappa shape index (κ1) is 16.5. The summed E-state index contributed by atoms with van der Waals surface area (Å²) in [5.41, 5.74) is 0.635. The van der Waals surface area contributed by atoms with Crippen molar-refractivity contribution < 1.29 is 13.5 Å². The van der Waals surface area contributed by atoms with Crippen LogP contribution in [0.1, 0.15) is 32.5 Å².